The SMILES string of the molecule is Cc1ccc(NC(=O)C(=O)N/N=C\c2c(OC(C)C)ccc3ccccc23)cc1. The molecule has 3 aromatic carbocycles. The number of hydrogen-bond acceptors (Lipinski definition) is 4. The van der Waals surface area contributed by atoms with Gasteiger partial charge in [0.15, 0.2) is 0 Å². The number of carbonyl (C=O) groups is 2. The third-order valence-corrected chi connectivity index (χ3v) is 4.17. The van der Waals surface area contributed by atoms with Gasteiger partial charge in [-0.05, 0) is 49.7 Å². The van der Waals surface area contributed by atoms with Crippen LogP contribution in [0.1, 0.15) is 25.0 Å². The molecule has 2 N–H and O–H groups in total. The zero-order valence-corrected chi connectivity index (χ0v) is 16.6. The first-order valence-corrected chi connectivity index (χ1v) is 9.33. The molecule has 0 spiro atoms. The third-order valence-electron chi connectivity index (χ3n) is 4.17. The molecule has 0 heterocycles. The van der Waals surface area contributed by atoms with E-state index in [1.807, 2.05) is 69.3 Å². The molecular weight excluding hydrogens is 366 g/mol. The number of hydrogen-bond donors (Lipinski definition) is 2. The number of aryl methyl sites for hydroxylation is 1. The molecule has 0 atom stereocenters. The number of hydrazone groups is 1. The van der Waals surface area contributed by atoms with Crippen LogP contribution in [0.2, 0.25) is 0 Å². The molecule has 0 fully saturated rings. The summed E-state index contributed by atoms with van der Waals surface area (Å²) in [6, 6.07) is 18.8. The normalized spacial score (nSPS) is 11.0. The number of anilines is 1. The summed E-state index contributed by atoms with van der Waals surface area (Å²) in [6.07, 6.45) is 1.48. The van der Waals surface area contributed by atoms with Crippen molar-refractivity contribution in [3.63, 3.8) is 0 Å². The highest BCUT2D eigenvalue weighted by Crippen LogP contribution is 2.27. The van der Waals surface area contributed by atoms with Crippen molar-refractivity contribution in [1.29, 1.82) is 0 Å². The van der Waals surface area contributed by atoms with Crippen LogP contribution in [-0.4, -0.2) is 24.1 Å². The maximum atomic E-state index is 12.1. The van der Waals surface area contributed by atoms with Crippen LogP contribution in [0.25, 0.3) is 10.8 Å². The first-order chi connectivity index (χ1) is 13.9. The van der Waals surface area contributed by atoms with Gasteiger partial charge in [0.2, 0.25) is 0 Å². The van der Waals surface area contributed by atoms with E-state index in [2.05, 4.69) is 15.8 Å². The van der Waals surface area contributed by atoms with E-state index in [9.17, 15) is 9.59 Å². The Balaban J connectivity index is 1.75. The molecule has 3 rings (SSSR count). The van der Waals surface area contributed by atoms with Crippen molar-refractivity contribution in [3.8, 4) is 5.75 Å². The molecule has 148 valence electrons. The molecule has 0 aliphatic heterocycles. The number of fused-ring (bicyclic) bond motifs is 1. The lowest BCUT2D eigenvalue weighted by molar-refractivity contribution is -0.136. The number of nitrogens with one attached hydrogen (secondary N) is 2. The third kappa shape index (κ3) is 5.19. The summed E-state index contributed by atoms with van der Waals surface area (Å²) in [5, 5.41) is 8.47. The molecule has 6 nitrogen and oxygen atoms in total. The van der Waals surface area contributed by atoms with E-state index in [0.717, 1.165) is 21.9 Å². The summed E-state index contributed by atoms with van der Waals surface area (Å²) in [6.45, 7) is 5.82. The van der Waals surface area contributed by atoms with Crippen molar-refractivity contribution in [1.82, 2.24) is 5.43 Å². The van der Waals surface area contributed by atoms with Crippen LogP contribution in [0.5, 0.6) is 5.75 Å². The highest BCUT2D eigenvalue weighted by molar-refractivity contribution is 6.39. The molecule has 6 heteroatoms. The second-order valence-electron chi connectivity index (χ2n) is 6.88. The highest BCUT2D eigenvalue weighted by atomic mass is 16.5. The number of carbonyl (C=O) groups excluding carboxylic acids is 2. The van der Waals surface area contributed by atoms with E-state index in [4.69, 9.17) is 4.74 Å². The van der Waals surface area contributed by atoms with Crippen LogP contribution < -0.4 is 15.5 Å². The van der Waals surface area contributed by atoms with Crippen molar-refractivity contribution in [2.75, 3.05) is 5.32 Å². The number of amides is 2. The van der Waals surface area contributed by atoms with Crippen LogP contribution in [0.15, 0.2) is 65.8 Å². The Morgan fingerprint density at radius 3 is 2.41 bits per heavy atom. The fourth-order valence-corrected chi connectivity index (χ4v) is 2.80. The van der Waals surface area contributed by atoms with E-state index in [1.54, 1.807) is 12.1 Å². The Hall–Kier alpha value is -3.67. The van der Waals surface area contributed by atoms with Crippen LogP contribution in [0.3, 0.4) is 0 Å². The summed E-state index contributed by atoms with van der Waals surface area (Å²) in [5.41, 5.74) is 4.61. The summed E-state index contributed by atoms with van der Waals surface area (Å²) >= 11 is 0. The van der Waals surface area contributed by atoms with Gasteiger partial charge in [-0.25, -0.2) is 5.43 Å². The zero-order valence-electron chi connectivity index (χ0n) is 16.6. The van der Waals surface area contributed by atoms with Gasteiger partial charge in [-0.3, -0.25) is 9.59 Å². The average molecular weight is 389 g/mol. The van der Waals surface area contributed by atoms with E-state index in [-0.39, 0.29) is 6.10 Å². The number of benzene rings is 3. The van der Waals surface area contributed by atoms with E-state index in [0.29, 0.717) is 11.4 Å². The largest absolute Gasteiger partial charge is 0.490 e. The predicted octanol–water partition coefficient (Wildman–Crippen LogP) is 4.02. The Morgan fingerprint density at radius 1 is 0.966 bits per heavy atom. The van der Waals surface area contributed by atoms with Crippen molar-refractivity contribution in [3.05, 3.63) is 71.8 Å². The molecule has 0 bridgehead atoms. The number of ether oxygens (including phenoxy) is 1. The first-order valence-electron chi connectivity index (χ1n) is 9.33. The molecule has 0 aromatic heterocycles. The molecule has 29 heavy (non-hydrogen) atoms. The molecule has 0 aliphatic rings. The maximum Gasteiger partial charge on any atom is 0.329 e. The first kappa shape index (κ1) is 20.1. The molecule has 0 saturated carbocycles. The quantitative estimate of drug-likeness (QED) is 0.393. The highest BCUT2D eigenvalue weighted by Gasteiger charge is 2.13. The smallest absolute Gasteiger partial charge is 0.329 e. The summed E-state index contributed by atoms with van der Waals surface area (Å²) in [4.78, 5) is 24.1. The molecule has 2 amide bonds. The van der Waals surface area contributed by atoms with Crippen LogP contribution in [-0.2, 0) is 9.59 Å². The van der Waals surface area contributed by atoms with Crippen molar-refractivity contribution in [2.24, 2.45) is 5.10 Å². The summed E-state index contributed by atoms with van der Waals surface area (Å²) in [5.74, 6) is -0.989. The molecule has 0 saturated heterocycles. The minimum absolute atomic E-state index is 0.0156. The van der Waals surface area contributed by atoms with Gasteiger partial charge in [-0.15, -0.1) is 0 Å². The van der Waals surface area contributed by atoms with Crippen LogP contribution in [0.4, 0.5) is 5.69 Å². The lowest BCUT2D eigenvalue weighted by atomic mass is 10.0. The van der Waals surface area contributed by atoms with Gasteiger partial charge in [0, 0.05) is 11.3 Å². The molecule has 0 aliphatic carbocycles. The van der Waals surface area contributed by atoms with Crippen LogP contribution >= 0.6 is 0 Å². The monoisotopic (exact) mass is 389 g/mol. The Kier molecular flexibility index (Phi) is 6.24. The van der Waals surface area contributed by atoms with Gasteiger partial charge in [0.05, 0.1) is 12.3 Å². The minimum atomic E-state index is -0.853. The molecular formula is C23H23N3O3. The average Bonchev–Trinajstić information content (AvgIpc) is 2.70. The lowest BCUT2D eigenvalue weighted by Gasteiger charge is -2.14. The standard InChI is InChI=1S/C23H23N3O3/c1-15(2)29-21-13-10-17-6-4-5-7-19(17)20(21)14-24-26-23(28)22(27)25-18-11-8-16(3)9-12-18/h4-15H,1-3H3,(H,25,27)(H,26,28)/b24-14-. The Morgan fingerprint density at radius 2 is 1.69 bits per heavy atom. The van der Waals surface area contributed by atoms with E-state index >= 15 is 0 Å². The van der Waals surface area contributed by atoms with Gasteiger partial charge < -0.3 is 10.1 Å². The van der Waals surface area contributed by atoms with Crippen LogP contribution in [0, 0.1) is 6.92 Å². The second-order valence-corrected chi connectivity index (χ2v) is 6.88. The summed E-state index contributed by atoms with van der Waals surface area (Å²) < 4.78 is 5.86. The Bertz CT molecular complexity index is 1060. The topological polar surface area (TPSA) is 79.8 Å². The minimum Gasteiger partial charge on any atom is -0.490 e. The predicted molar refractivity (Wildman–Crippen MR) is 115 cm³/mol. The van der Waals surface area contributed by atoms with Gasteiger partial charge in [-0.2, -0.15) is 5.10 Å². The lowest BCUT2D eigenvalue weighted by Crippen LogP contribution is -2.32. The van der Waals surface area contributed by atoms with Gasteiger partial charge >= 0.3 is 11.8 Å². The summed E-state index contributed by atoms with van der Waals surface area (Å²) in [7, 11) is 0. The fourth-order valence-electron chi connectivity index (χ4n) is 2.80. The fraction of sp³-hybridized carbons (Fsp3) is 0.174. The van der Waals surface area contributed by atoms with Crippen molar-refractivity contribution in [2.45, 2.75) is 26.9 Å². The van der Waals surface area contributed by atoms with Crippen molar-refractivity contribution >= 4 is 34.5 Å². The molecule has 0 unspecified atom stereocenters. The number of rotatable bonds is 5. The number of nitrogens with zero attached hydrogens (tertiary/aromatic N) is 1. The Labute approximate surface area is 169 Å². The van der Waals surface area contributed by atoms with Gasteiger partial charge in [0.1, 0.15) is 5.75 Å². The maximum absolute atomic E-state index is 12.1. The molecule has 3 aromatic rings. The molecule has 0 radical (unpaired) electrons. The zero-order chi connectivity index (χ0) is 20.8. The van der Waals surface area contributed by atoms with Gasteiger partial charge in [0.25, 0.3) is 0 Å². The van der Waals surface area contributed by atoms with E-state index in [1.165, 1.54) is 6.21 Å². The van der Waals surface area contributed by atoms with Gasteiger partial charge in [-0.1, -0.05) is 48.0 Å². The second kappa shape index (κ2) is 9.01. The van der Waals surface area contributed by atoms with Crippen molar-refractivity contribution < 1.29 is 14.3 Å². The van der Waals surface area contributed by atoms with E-state index < -0.39 is 11.8 Å².